The Bertz CT molecular complexity index is 574. The maximum absolute atomic E-state index is 9.58. The fraction of sp³-hybridized carbons (Fsp3) is 0.294. The van der Waals surface area contributed by atoms with E-state index >= 15 is 0 Å². The van der Waals surface area contributed by atoms with Crippen LogP contribution in [-0.4, -0.2) is 11.1 Å². The minimum atomic E-state index is -0.405. The van der Waals surface area contributed by atoms with Gasteiger partial charge in [0.15, 0.2) is 0 Å². The highest BCUT2D eigenvalue weighted by Crippen LogP contribution is 2.38. The molecule has 0 spiro atoms. The summed E-state index contributed by atoms with van der Waals surface area (Å²) in [5.41, 5.74) is 4.88. The van der Waals surface area contributed by atoms with Crippen molar-refractivity contribution in [2.75, 3.05) is 4.90 Å². The molecule has 2 aromatic carbocycles. The number of aliphatic hydroxyl groups excluding tert-OH is 1. The molecule has 0 aliphatic carbocycles. The summed E-state index contributed by atoms with van der Waals surface area (Å²) < 4.78 is 0. The molecule has 1 aliphatic heterocycles. The second-order valence-electron chi connectivity index (χ2n) is 5.32. The van der Waals surface area contributed by atoms with Crippen molar-refractivity contribution in [1.29, 1.82) is 0 Å². The van der Waals surface area contributed by atoms with Gasteiger partial charge in [-0.2, -0.15) is 0 Å². The average molecular weight is 253 g/mol. The Balaban J connectivity index is 1.98. The Morgan fingerprint density at radius 3 is 2.47 bits per heavy atom. The third-order valence-electron chi connectivity index (χ3n) is 3.86. The van der Waals surface area contributed by atoms with Gasteiger partial charge >= 0.3 is 0 Å². The van der Waals surface area contributed by atoms with Crippen LogP contribution in [0.25, 0.3) is 0 Å². The summed E-state index contributed by atoms with van der Waals surface area (Å²) in [6.45, 7) is 4.05. The number of para-hydroxylation sites is 1. The fourth-order valence-corrected chi connectivity index (χ4v) is 2.87. The van der Waals surface area contributed by atoms with E-state index in [4.69, 9.17) is 0 Å². The van der Waals surface area contributed by atoms with Gasteiger partial charge in [-0.1, -0.05) is 30.3 Å². The number of benzene rings is 2. The molecule has 19 heavy (non-hydrogen) atoms. The molecule has 2 heteroatoms. The van der Waals surface area contributed by atoms with Crippen LogP contribution in [0, 0.1) is 0 Å². The van der Waals surface area contributed by atoms with Crippen LogP contribution in [-0.2, 0) is 6.42 Å². The number of rotatable bonds is 2. The second kappa shape index (κ2) is 4.71. The summed E-state index contributed by atoms with van der Waals surface area (Å²) in [5.74, 6) is 0. The van der Waals surface area contributed by atoms with Crippen LogP contribution in [0.4, 0.5) is 11.4 Å². The number of fused-ring (bicyclic) bond motifs is 1. The third-order valence-corrected chi connectivity index (χ3v) is 3.86. The van der Waals surface area contributed by atoms with E-state index in [0.29, 0.717) is 6.04 Å². The van der Waals surface area contributed by atoms with E-state index in [1.165, 1.54) is 16.9 Å². The van der Waals surface area contributed by atoms with Crippen LogP contribution >= 0.6 is 0 Å². The Morgan fingerprint density at radius 2 is 1.79 bits per heavy atom. The maximum Gasteiger partial charge on any atom is 0.0761 e. The largest absolute Gasteiger partial charge is 0.389 e. The summed E-state index contributed by atoms with van der Waals surface area (Å²) in [6.07, 6.45) is 0.686. The van der Waals surface area contributed by atoms with E-state index in [1.807, 2.05) is 12.1 Å². The van der Waals surface area contributed by atoms with Crippen LogP contribution in [0.15, 0.2) is 48.5 Å². The predicted molar refractivity (Wildman–Crippen MR) is 78.8 cm³/mol. The Kier molecular flexibility index (Phi) is 3.03. The minimum absolute atomic E-state index is 0.405. The lowest BCUT2D eigenvalue weighted by molar-refractivity contribution is 0.199. The molecule has 0 saturated heterocycles. The van der Waals surface area contributed by atoms with E-state index in [-0.39, 0.29) is 0 Å². The minimum Gasteiger partial charge on any atom is -0.389 e. The molecular weight excluding hydrogens is 234 g/mol. The average Bonchev–Trinajstić information content (AvgIpc) is 2.74. The van der Waals surface area contributed by atoms with E-state index < -0.39 is 6.10 Å². The zero-order valence-electron chi connectivity index (χ0n) is 11.4. The molecule has 0 aromatic heterocycles. The van der Waals surface area contributed by atoms with Gasteiger partial charge in [-0.15, -0.1) is 0 Å². The molecule has 0 saturated carbocycles. The summed E-state index contributed by atoms with van der Waals surface area (Å²) in [5, 5.41) is 9.58. The van der Waals surface area contributed by atoms with E-state index in [9.17, 15) is 5.11 Å². The van der Waals surface area contributed by atoms with Crippen LogP contribution in [0.2, 0.25) is 0 Å². The molecule has 0 amide bonds. The topological polar surface area (TPSA) is 23.5 Å². The van der Waals surface area contributed by atoms with Crippen molar-refractivity contribution >= 4 is 11.4 Å². The number of anilines is 2. The van der Waals surface area contributed by atoms with Crippen molar-refractivity contribution in [3.8, 4) is 0 Å². The lowest BCUT2D eigenvalue weighted by Gasteiger charge is -2.25. The summed E-state index contributed by atoms with van der Waals surface area (Å²) in [6, 6.07) is 17.3. The molecule has 1 heterocycles. The number of hydrogen-bond donors (Lipinski definition) is 1. The summed E-state index contributed by atoms with van der Waals surface area (Å²) >= 11 is 0. The quantitative estimate of drug-likeness (QED) is 0.879. The first-order chi connectivity index (χ1) is 9.16. The predicted octanol–water partition coefficient (Wildman–Crippen LogP) is 3.82. The third kappa shape index (κ3) is 2.13. The van der Waals surface area contributed by atoms with Gasteiger partial charge in [0.25, 0.3) is 0 Å². The number of hydrogen-bond acceptors (Lipinski definition) is 2. The monoisotopic (exact) mass is 253 g/mol. The van der Waals surface area contributed by atoms with Gasteiger partial charge in [0.05, 0.1) is 6.10 Å². The molecule has 1 N–H and O–H groups in total. The van der Waals surface area contributed by atoms with Crippen LogP contribution < -0.4 is 4.90 Å². The van der Waals surface area contributed by atoms with Crippen LogP contribution in [0.3, 0.4) is 0 Å². The van der Waals surface area contributed by atoms with Gasteiger partial charge in [-0.3, -0.25) is 0 Å². The zero-order valence-corrected chi connectivity index (χ0v) is 11.4. The summed E-state index contributed by atoms with van der Waals surface area (Å²) in [7, 11) is 0. The number of aliphatic hydroxyl groups is 1. The first-order valence-corrected chi connectivity index (χ1v) is 6.82. The van der Waals surface area contributed by atoms with Gasteiger partial charge in [0.2, 0.25) is 0 Å². The van der Waals surface area contributed by atoms with Gasteiger partial charge < -0.3 is 10.0 Å². The molecule has 98 valence electrons. The highest BCUT2D eigenvalue weighted by atomic mass is 16.3. The van der Waals surface area contributed by atoms with Crippen molar-refractivity contribution in [3.05, 3.63) is 59.7 Å². The SMILES string of the molecule is CC(O)c1ccc(N2c3ccccc3CC2C)cc1. The molecule has 2 atom stereocenters. The molecule has 2 nitrogen and oxygen atoms in total. The smallest absolute Gasteiger partial charge is 0.0761 e. The van der Waals surface area contributed by atoms with Crippen molar-refractivity contribution < 1.29 is 5.11 Å². The van der Waals surface area contributed by atoms with Crippen LogP contribution in [0.1, 0.15) is 31.1 Å². The maximum atomic E-state index is 9.58. The van der Waals surface area contributed by atoms with Crippen molar-refractivity contribution in [2.24, 2.45) is 0 Å². The first kappa shape index (κ1) is 12.2. The molecule has 0 bridgehead atoms. The Labute approximate surface area is 114 Å². The highest BCUT2D eigenvalue weighted by molar-refractivity contribution is 5.71. The lowest BCUT2D eigenvalue weighted by Crippen LogP contribution is -2.23. The molecule has 2 unspecified atom stereocenters. The van der Waals surface area contributed by atoms with Crippen molar-refractivity contribution in [2.45, 2.75) is 32.4 Å². The first-order valence-electron chi connectivity index (χ1n) is 6.82. The molecule has 1 aliphatic rings. The fourth-order valence-electron chi connectivity index (χ4n) is 2.87. The normalized spacial score (nSPS) is 19.3. The zero-order chi connectivity index (χ0) is 13.4. The van der Waals surface area contributed by atoms with E-state index in [1.54, 1.807) is 6.92 Å². The van der Waals surface area contributed by atoms with Crippen molar-refractivity contribution in [3.63, 3.8) is 0 Å². The van der Waals surface area contributed by atoms with Gasteiger partial charge in [0, 0.05) is 17.4 Å². The molecule has 2 aromatic rings. The molecule has 0 radical (unpaired) electrons. The highest BCUT2D eigenvalue weighted by Gasteiger charge is 2.26. The Hall–Kier alpha value is -1.80. The Morgan fingerprint density at radius 1 is 1.11 bits per heavy atom. The van der Waals surface area contributed by atoms with Gasteiger partial charge in [-0.25, -0.2) is 0 Å². The lowest BCUT2D eigenvalue weighted by atomic mass is 10.1. The molecule has 0 fully saturated rings. The van der Waals surface area contributed by atoms with E-state index in [0.717, 1.165) is 12.0 Å². The molecular formula is C17H19NO. The summed E-state index contributed by atoms with van der Waals surface area (Å²) in [4.78, 5) is 2.38. The van der Waals surface area contributed by atoms with Gasteiger partial charge in [0.1, 0.15) is 0 Å². The standard InChI is InChI=1S/C17H19NO/c1-12-11-15-5-3-4-6-17(15)18(12)16-9-7-14(8-10-16)13(2)19/h3-10,12-13,19H,11H2,1-2H3. The number of nitrogens with zero attached hydrogens (tertiary/aromatic N) is 1. The molecule has 3 rings (SSSR count). The van der Waals surface area contributed by atoms with Gasteiger partial charge in [-0.05, 0) is 49.6 Å². The van der Waals surface area contributed by atoms with Crippen molar-refractivity contribution in [1.82, 2.24) is 0 Å². The van der Waals surface area contributed by atoms with Crippen LogP contribution in [0.5, 0.6) is 0 Å². The second-order valence-corrected chi connectivity index (χ2v) is 5.32. The van der Waals surface area contributed by atoms with E-state index in [2.05, 4.69) is 48.2 Å².